The van der Waals surface area contributed by atoms with Crippen LogP contribution in [-0.2, 0) is 13.6 Å². The SMILES string of the molecule is CCOP(=O)(OCC)c1ccc(-c2cnc(C)nc2NC2CCCC2)cc1. The highest BCUT2D eigenvalue weighted by atomic mass is 31.2. The van der Waals surface area contributed by atoms with Crippen LogP contribution in [0.25, 0.3) is 11.1 Å². The van der Waals surface area contributed by atoms with Crippen LogP contribution in [0.15, 0.2) is 30.5 Å². The fourth-order valence-electron chi connectivity index (χ4n) is 3.40. The van der Waals surface area contributed by atoms with Gasteiger partial charge in [0, 0.05) is 17.8 Å². The molecule has 1 aromatic heterocycles. The lowest BCUT2D eigenvalue weighted by Crippen LogP contribution is -2.17. The quantitative estimate of drug-likeness (QED) is 0.660. The summed E-state index contributed by atoms with van der Waals surface area (Å²) in [5.41, 5.74) is 1.92. The molecule has 2 aromatic rings. The van der Waals surface area contributed by atoms with Crippen LogP contribution in [0.5, 0.6) is 0 Å². The summed E-state index contributed by atoms with van der Waals surface area (Å²) in [4.78, 5) is 8.98. The van der Waals surface area contributed by atoms with E-state index in [1.165, 1.54) is 25.7 Å². The van der Waals surface area contributed by atoms with Crippen molar-refractivity contribution in [2.75, 3.05) is 18.5 Å². The van der Waals surface area contributed by atoms with E-state index in [-0.39, 0.29) is 0 Å². The van der Waals surface area contributed by atoms with Gasteiger partial charge in [0.1, 0.15) is 11.6 Å². The van der Waals surface area contributed by atoms with Gasteiger partial charge in [0.15, 0.2) is 0 Å². The van der Waals surface area contributed by atoms with Crippen molar-refractivity contribution in [2.45, 2.75) is 52.5 Å². The molecule has 1 saturated carbocycles. The highest BCUT2D eigenvalue weighted by Gasteiger charge is 2.26. The largest absolute Gasteiger partial charge is 0.367 e. The van der Waals surface area contributed by atoms with E-state index in [4.69, 9.17) is 9.05 Å². The Morgan fingerprint density at radius 1 is 1.11 bits per heavy atom. The Kier molecular flexibility index (Phi) is 6.64. The molecule has 1 aromatic carbocycles. The van der Waals surface area contributed by atoms with Crippen molar-refractivity contribution in [3.63, 3.8) is 0 Å². The molecule has 1 fully saturated rings. The lowest BCUT2D eigenvalue weighted by Gasteiger charge is -2.18. The van der Waals surface area contributed by atoms with Crippen LogP contribution in [-0.4, -0.2) is 29.2 Å². The van der Waals surface area contributed by atoms with Crippen molar-refractivity contribution in [3.8, 4) is 11.1 Å². The molecule has 146 valence electrons. The predicted octanol–water partition coefficient (Wildman–Crippen LogP) is 4.70. The molecule has 6 nitrogen and oxygen atoms in total. The summed E-state index contributed by atoms with van der Waals surface area (Å²) < 4.78 is 23.8. The first-order valence-corrected chi connectivity index (χ1v) is 11.2. The van der Waals surface area contributed by atoms with E-state index < -0.39 is 7.60 Å². The van der Waals surface area contributed by atoms with E-state index in [9.17, 15) is 4.57 Å². The van der Waals surface area contributed by atoms with E-state index in [0.29, 0.717) is 24.6 Å². The molecule has 0 unspecified atom stereocenters. The second kappa shape index (κ2) is 8.96. The number of nitrogens with one attached hydrogen (secondary N) is 1. The Labute approximate surface area is 161 Å². The van der Waals surface area contributed by atoms with Crippen molar-refractivity contribution in [2.24, 2.45) is 0 Å². The molecule has 27 heavy (non-hydrogen) atoms. The van der Waals surface area contributed by atoms with Crippen molar-refractivity contribution < 1.29 is 13.6 Å². The Bertz CT molecular complexity index is 795. The molecule has 1 aliphatic rings. The summed E-state index contributed by atoms with van der Waals surface area (Å²) in [7, 11) is -3.27. The summed E-state index contributed by atoms with van der Waals surface area (Å²) >= 11 is 0. The first-order chi connectivity index (χ1) is 13.1. The van der Waals surface area contributed by atoms with Gasteiger partial charge in [-0.2, -0.15) is 0 Å². The van der Waals surface area contributed by atoms with E-state index >= 15 is 0 Å². The molecule has 0 bridgehead atoms. The molecule has 1 aliphatic carbocycles. The van der Waals surface area contributed by atoms with Crippen molar-refractivity contribution in [1.29, 1.82) is 0 Å². The van der Waals surface area contributed by atoms with Gasteiger partial charge >= 0.3 is 7.60 Å². The third-order valence-corrected chi connectivity index (χ3v) is 6.82. The van der Waals surface area contributed by atoms with E-state index in [1.807, 2.05) is 39.1 Å². The summed E-state index contributed by atoms with van der Waals surface area (Å²) in [6, 6.07) is 7.93. The normalized spacial score (nSPS) is 15.2. The zero-order valence-electron chi connectivity index (χ0n) is 16.3. The molecule has 0 amide bonds. The standard InChI is InChI=1S/C20H28N3O3P/c1-4-25-27(24,26-5-2)18-12-10-16(11-13-18)19-14-21-15(3)22-20(19)23-17-8-6-7-9-17/h10-14,17H,4-9H2,1-3H3,(H,21,22,23). The Hall–Kier alpha value is -1.75. The third-order valence-electron chi connectivity index (χ3n) is 4.70. The number of hydrogen-bond donors (Lipinski definition) is 1. The van der Waals surface area contributed by atoms with Gasteiger partial charge in [-0.15, -0.1) is 0 Å². The fraction of sp³-hybridized carbons (Fsp3) is 0.500. The Morgan fingerprint density at radius 2 is 1.74 bits per heavy atom. The first kappa shape index (κ1) is 20.0. The molecule has 0 radical (unpaired) electrons. The van der Waals surface area contributed by atoms with Gasteiger partial charge in [-0.25, -0.2) is 9.97 Å². The van der Waals surface area contributed by atoms with Crippen LogP contribution < -0.4 is 10.6 Å². The zero-order chi connectivity index (χ0) is 19.3. The average Bonchev–Trinajstić information content (AvgIpc) is 3.16. The minimum absolute atomic E-state index is 0.334. The molecule has 3 rings (SSSR count). The van der Waals surface area contributed by atoms with Crippen LogP contribution in [0.1, 0.15) is 45.4 Å². The summed E-state index contributed by atoms with van der Waals surface area (Å²) in [5.74, 6) is 1.60. The van der Waals surface area contributed by atoms with E-state index in [1.54, 1.807) is 12.1 Å². The number of rotatable bonds is 8. The van der Waals surface area contributed by atoms with Gasteiger partial charge in [0.25, 0.3) is 0 Å². The van der Waals surface area contributed by atoms with Crippen LogP contribution in [0, 0.1) is 6.92 Å². The second-order valence-corrected chi connectivity index (χ2v) is 8.71. The molecule has 0 aliphatic heterocycles. The molecule has 7 heteroatoms. The van der Waals surface area contributed by atoms with Gasteiger partial charge in [-0.3, -0.25) is 4.57 Å². The Morgan fingerprint density at radius 3 is 2.33 bits per heavy atom. The van der Waals surface area contributed by atoms with Crippen molar-refractivity contribution >= 4 is 18.7 Å². The van der Waals surface area contributed by atoms with Crippen LogP contribution in [0.2, 0.25) is 0 Å². The minimum atomic E-state index is -3.27. The third kappa shape index (κ3) is 4.75. The summed E-state index contributed by atoms with van der Waals surface area (Å²) in [5, 5.41) is 4.14. The molecule has 0 atom stereocenters. The fourth-order valence-corrected chi connectivity index (χ4v) is 4.97. The average molecular weight is 389 g/mol. The molecular weight excluding hydrogens is 361 g/mol. The molecule has 0 saturated heterocycles. The maximum Gasteiger partial charge on any atom is 0.361 e. The van der Waals surface area contributed by atoms with Crippen molar-refractivity contribution in [1.82, 2.24) is 9.97 Å². The van der Waals surface area contributed by atoms with Crippen molar-refractivity contribution in [3.05, 3.63) is 36.3 Å². The summed E-state index contributed by atoms with van der Waals surface area (Å²) in [6.45, 7) is 6.18. The number of hydrogen-bond acceptors (Lipinski definition) is 6. The van der Waals surface area contributed by atoms with Gasteiger partial charge < -0.3 is 14.4 Å². The lowest BCUT2D eigenvalue weighted by molar-refractivity contribution is 0.230. The van der Waals surface area contributed by atoms with Crippen LogP contribution >= 0.6 is 7.60 Å². The number of benzene rings is 1. The number of nitrogens with zero attached hydrogens (tertiary/aromatic N) is 2. The number of aryl methyl sites for hydroxylation is 1. The van der Waals surface area contributed by atoms with Crippen LogP contribution in [0.3, 0.4) is 0 Å². The zero-order valence-corrected chi connectivity index (χ0v) is 17.2. The van der Waals surface area contributed by atoms with Gasteiger partial charge in [-0.05, 0) is 51.3 Å². The topological polar surface area (TPSA) is 73.3 Å². The highest BCUT2D eigenvalue weighted by molar-refractivity contribution is 7.62. The van der Waals surface area contributed by atoms with Crippen LogP contribution in [0.4, 0.5) is 5.82 Å². The lowest BCUT2D eigenvalue weighted by atomic mass is 10.1. The smallest absolute Gasteiger partial charge is 0.361 e. The van der Waals surface area contributed by atoms with Gasteiger partial charge in [0.2, 0.25) is 0 Å². The molecule has 1 heterocycles. The monoisotopic (exact) mass is 389 g/mol. The molecular formula is C20H28N3O3P. The molecule has 0 spiro atoms. The van der Waals surface area contributed by atoms with Gasteiger partial charge in [-0.1, -0.05) is 25.0 Å². The Balaban J connectivity index is 1.89. The van der Waals surface area contributed by atoms with Gasteiger partial charge in [0.05, 0.1) is 18.5 Å². The predicted molar refractivity (Wildman–Crippen MR) is 109 cm³/mol. The summed E-state index contributed by atoms with van der Waals surface area (Å²) in [6.07, 6.45) is 6.71. The second-order valence-electron chi connectivity index (χ2n) is 6.69. The van der Waals surface area contributed by atoms with E-state index in [2.05, 4.69) is 15.3 Å². The highest BCUT2D eigenvalue weighted by Crippen LogP contribution is 2.47. The maximum atomic E-state index is 12.9. The maximum absolute atomic E-state index is 12.9. The van der Waals surface area contributed by atoms with E-state index in [0.717, 1.165) is 22.8 Å². The first-order valence-electron chi connectivity index (χ1n) is 9.66. The number of aromatic nitrogens is 2. The number of anilines is 1. The molecule has 1 N–H and O–H groups in total. The minimum Gasteiger partial charge on any atom is -0.367 e.